The molecule has 3 rings (SSSR count). The Balaban J connectivity index is 0.000000256. The first kappa shape index (κ1) is 18.7. The predicted molar refractivity (Wildman–Crippen MR) is 76.1 cm³/mol. The van der Waals surface area contributed by atoms with E-state index in [4.69, 9.17) is 19.4 Å². The molecule has 1 aromatic heterocycles. The highest BCUT2D eigenvalue weighted by atomic mass is 19.4. The van der Waals surface area contributed by atoms with Gasteiger partial charge < -0.3 is 14.6 Å². The molecule has 0 radical (unpaired) electrons. The minimum Gasteiger partial charge on any atom is -0.475 e. The molecule has 2 aliphatic rings. The molecule has 24 heavy (non-hydrogen) atoms. The van der Waals surface area contributed by atoms with Gasteiger partial charge >= 0.3 is 12.1 Å². The van der Waals surface area contributed by atoms with Crippen molar-refractivity contribution in [3.8, 4) is 0 Å². The molecule has 2 aliphatic heterocycles. The molecule has 0 spiro atoms. The average molecular weight is 351 g/mol. The number of nitrogens with zero attached hydrogens (tertiary/aromatic N) is 2. The monoisotopic (exact) mass is 351 g/mol. The third kappa shape index (κ3) is 4.68. The molecule has 3 heterocycles. The van der Waals surface area contributed by atoms with Crippen molar-refractivity contribution < 1.29 is 32.5 Å². The predicted octanol–water partition coefficient (Wildman–Crippen LogP) is 1.68. The molecule has 0 aromatic carbocycles. The van der Waals surface area contributed by atoms with E-state index in [1.165, 1.54) is 11.3 Å². The summed E-state index contributed by atoms with van der Waals surface area (Å²) in [5.41, 5.74) is 3.68. The number of methoxy groups -OCH3 is 1. The normalized spacial score (nSPS) is 18.8. The van der Waals surface area contributed by atoms with E-state index in [1.54, 1.807) is 7.11 Å². The SMILES string of the molecule is COCc1n[nH]c2c1CN(C1CCOCC1)C2.O=C(O)C(F)(F)F. The standard InChI is InChI=1S/C12H19N3O2.C2HF3O2/c1-16-8-12-10-6-15(7-11(10)13-14-12)9-2-4-17-5-3-9;3-2(4,5)1(6)7/h9H,2-8H2,1H3,(H,13,14);(H,6,7). The lowest BCUT2D eigenvalue weighted by atomic mass is 10.1. The summed E-state index contributed by atoms with van der Waals surface area (Å²) in [4.78, 5) is 11.4. The number of ether oxygens (including phenoxy) is 2. The summed E-state index contributed by atoms with van der Waals surface area (Å²) >= 11 is 0. The number of halogens is 3. The maximum atomic E-state index is 10.6. The fourth-order valence-electron chi connectivity index (χ4n) is 2.79. The Morgan fingerprint density at radius 2 is 2.04 bits per heavy atom. The van der Waals surface area contributed by atoms with Crippen LogP contribution in [0, 0.1) is 0 Å². The number of aromatic amines is 1. The summed E-state index contributed by atoms with van der Waals surface area (Å²) < 4.78 is 42.3. The van der Waals surface area contributed by atoms with Gasteiger partial charge in [-0.05, 0) is 12.8 Å². The van der Waals surface area contributed by atoms with Gasteiger partial charge in [-0.25, -0.2) is 4.79 Å². The van der Waals surface area contributed by atoms with Crippen LogP contribution in [0.25, 0.3) is 0 Å². The number of nitrogens with one attached hydrogen (secondary N) is 1. The molecule has 10 heteroatoms. The van der Waals surface area contributed by atoms with E-state index in [0.717, 1.165) is 44.8 Å². The lowest BCUT2D eigenvalue weighted by Crippen LogP contribution is -2.36. The lowest BCUT2D eigenvalue weighted by molar-refractivity contribution is -0.192. The Kier molecular flexibility index (Phi) is 6.19. The quantitative estimate of drug-likeness (QED) is 0.862. The van der Waals surface area contributed by atoms with E-state index in [2.05, 4.69) is 15.1 Å². The highest BCUT2D eigenvalue weighted by molar-refractivity contribution is 5.73. The van der Waals surface area contributed by atoms with Gasteiger partial charge in [-0.15, -0.1) is 0 Å². The van der Waals surface area contributed by atoms with E-state index >= 15 is 0 Å². The molecule has 0 saturated carbocycles. The number of aromatic nitrogens is 2. The van der Waals surface area contributed by atoms with Gasteiger partial charge in [-0.1, -0.05) is 0 Å². The number of fused-ring (bicyclic) bond motifs is 1. The molecular weight excluding hydrogens is 331 g/mol. The fraction of sp³-hybridized carbons (Fsp3) is 0.714. The Hall–Kier alpha value is -1.65. The summed E-state index contributed by atoms with van der Waals surface area (Å²) in [5.74, 6) is -2.76. The fourth-order valence-corrected chi connectivity index (χ4v) is 2.79. The van der Waals surface area contributed by atoms with Crippen molar-refractivity contribution in [2.24, 2.45) is 0 Å². The van der Waals surface area contributed by atoms with Gasteiger partial charge in [0.25, 0.3) is 0 Å². The van der Waals surface area contributed by atoms with Crippen molar-refractivity contribution in [2.45, 2.75) is 44.8 Å². The topological polar surface area (TPSA) is 87.7 Å². The number of carboxylic acid groups (broad SMARTS) is 1. The first-order valence-corrected chi connectivity index (χ1v) is 7.48. The van der Waals surface area contributed by atoms with E-state index < -0.39 is 12.1 Å². The number of H-pyrrole nitrogens is 1. The highest BCUT2D eigenvalue weighted by Crippen LogP contribution is 2.28. The molecule has 0 unspecified atom stereocenters. The molecule has 0 bridgehead atoms. The van der Waals surface area contributed by atoms with Crippen molar-refractivity contribution in [2.75, 3.05) is 20.3 Å². The Morgan fingerprint density at radius 3 is 2.58 bits per heavy atom. The molecule has 0 aliphatic carbocycles. The number of carbonyl (C=O) groups is 1. The number of rotatable bonds is 3. The average Bonchev–Trinajstić information content (AvgIpc) is 3.10. The zero-order valence-electron chi connectivity index (χ0n) is 13.2. The van der Waals surface area contributed by atoms with Crippen LogP contribution in [0.5, 0.6) is 0 Å². The summed E-state index contributed by atoms with van der Waals surface area (Å²) in [5, 5.41) is 14.6. The Morgan fingerprint density at radius 1 is 1.42 bits per heavy atom. The van der Waals surface area contributed by atoms with Gasteiger partial charge in [0.1, 0.15) is 0 Å². The number of hydrogen-bond acceptors (Lipinski definition) is 5. The smallest absolute Gasteiger partial charge is 0.475 e. The van der Waals surface area contributed by atoms with Crippen molar-refractivity contribution in [1.82, 2.24) is 15.1 Å². The Labute approximate surface area is 136 Å². The van der Waals surface area contributed by atoms with Crippen molar-refractivity contribution in [1.29, 1.82) is 0 Å². The first-order chi connectivity index (χ1) is 11.3. The molecule has 1 saturated heterocycles. The van der Waals surface area contributed by atoms with Gasteiger partial charge in [-0.3, -0.25) is 10.00 Å². The van der Waals surface area contributed by atoms with E-state index in [-0.39, 0.29) is 0 Å². The van der Waals surface area contributed by atoms with Gasteiger partial charge in [-0.2, -0.15) is 18.3 Å². The van der Waals surface area contributed by atoms with Crippen LogP contribution in [-0.2, 0) is 34.0 Å². The largest absolute Gasteiger partial charge is 0.490 e. The summed E-state index contributed by atoms with van der Waals surface area (Å²) in [7, 11) is 1.71. The zero-order chi connectivity index (χ0) is 17.7. The van der Waals surface area contributed by atoms with Crippen LogP contribution in [0.3, 0.4) is 0 Å². The molecule has 1 fully saturated rings. The van der Waals surface area contributed by atoms with Crippen LogP contribution in [0.2, 0.25) is 0 Å². The van der Waals surface area contributed by atoms with Crippen molar-refractivity contribution in [3.05, 3.63) is 17.0 Å². The lowest BCUT2D eigenvalue weighted by Gasteiger charge is -2.30. The molecule has 0 atom stereocenters. The maximum Gasteiger partial charge on any atom is 0.490 e. The minimum absolute atomic E-state index is 0.605. The molecule has 136 valence electrons. The summed E-state index contributed by atoms with van der Waals surface area (Å²) in [6.45, 7) is 4.41. The first-order valence-electron chi connectivity index (χ1n) is 7.48. The third-order valence-electron chi connectivity index (χ3n) is 3.99. The second-order valence-corrected chi connectivity index (χ2v) is 5.61. The van der Waals surface area contributed by atoms with Crippen molar-refractivity contribution >= 4 is 5.97 Å². The maximum absolute atomic E-state index is 10.6. The molecular formula is C14H20F3N3O4. The molecule has 2 N–H and O–H groups in total. The summed E-state index contributed by atoms with van der Waals surface area (Å²) in [6, 6.07) is 0.667. The van der Waals surface area contributed by atoms with Gasteiger partial charge in [0.15, 0.2) is 0 Å². The van der Waals surface area contributed by atoms with Gasteiger partial charge in [0.05, 0.1) is 18.0 Å². The van der Waals surface area contributed by atoms with Gasteiger partial charge in [0, 0.05) is 45.0 Å². The van der Waals surface area contributed by atoms with Crippen LogP contribution in [-0.4, -0.2) is 58.7 Å². The van der Waals surface area contributed by atoms with Crippen LogP contribution < -0.4 is 0 Å². The number of aliphatic carboxylic acids is 1. The second kappa shape index (κ2) is 7.95. The second-order valence-electron chi connectivity index (χ2n) is 5.61. The van der Waals surface area contributed by atoms with Crippen LogP contribution >= 0.6 is 0 Å². The molecule has 0 amide bonds. The molecule has 1 aromatic rings. The minimum atomic E-state index is -5.08. The zero-order valence-corrected chi connectivity index (χ0v) is 13.2. The van der Waals surface area contributed by atoms with Crippen LogP contribution in [0.4, 0.5) is 13.2 Å². The summed E-state index contributed by atoms with van der Waals surface area (Å²) in [6.07, 6.45) is -2.78. The third-order valence-corrected chi connectivity index (χ3v) is 3.99. The number of carboxylic acids is 1. The van der Waals surface area contributed by atoms with Crippen LogP contribution in [0.15, 0.2) is 0 Å². The van der Waals surface area contributed by atoms with E-state index in [9.17, 15) is 13.2 Å². The van der Waals surface area contributed by atoms with E-state index in [1.807, 2.05) is 0 Å². The number of alkyl halides is 3. The Bertz CT molecular complexity index is 556. The van der Waals surface area contributed by atoms with Crippen molar-refractivity contribution in [3.63, 3.8) is 0 Å². The van der Waals surface area contributed by atoms with Gasteiger partial charge in [0.2, 0.25) is 0 Å². The molecule has 7 nitrogen and oxygen atoms in total. The van der Waals surface area contributed by atoms with Crippen LogP contribution in [0.1, 0.15) is 29.8 Å². The van der Waals surface area contributed by atoms with E-state index in [0.29, 0.717) is 12.6 Å². The highest BCUT2D eigenvalue weighted by Gasteiger charge is 2.38. The number of hydrogen-bond donors (Lipinski definition) is 2.